The molecule has 0 bridgehead atoms. The summed E-state index contributed by atoms with van der Waals surface area (Å²) in [5.41, 5.74) is 0.538. The molecule has 0 saturated heterocycles. The highest BCUT2D eigenvalue weighted by Gasteiger charge is 2.16. The van der Waals surface area contributed by atoms with Gasteiger partial charge in [0.25, 0.3) is 5.22 Å². The van der Waals surface area contributed by atoms with Crippen molar-refractivity contribution >= 4 is 41.4 Å². The Bertz CT molecular complexity index is 1070. The number of halogens is 1. The van der Waals surface area contributed by atoms with E-state index in [1.165, 1.54) is 18.2 Å². The largest absolute Gasteiger partial charge is 0.478 e. The quantitative estimate of drug-likeness (QED) is 0.420. The highest BCUT2D eigenvalue weighted by Crippen LogP contribution is 2.31. The molecule has 8 nitrogen and oxygen atoms in total. The van der Waals surface area contributed by atoms with Crippen molar-refractivity contribution in [2.75, 3.05) is 0 Å². The lowest BCUT2D eigenvalue weighted by atomic mass is 10.1. The van der Waals surface area contributed by atoms with Crippen LogP contribution in [-0.4, -0.2) is 32.3 Å². The molecule has 2 N–H and O–H groups in total. The molecule has 0 spiro atoms. The summed E-state index contributed by atoms with van der Waals surface area (Å²) in [6.07, 6.45) is 1.88. The van der Waals surface area contributed by atoms with Crippen LogP contribution in [0.25, 0.3) is 17.4 Å². The Morgan fingerprint density at radius 3 is 2.57 bits per heavy atom. The second kappa shape index (κ2) is 8.32. The molecule has 10 heteroatoms. The van der Waals surface area contributed by atoms with Crippen LogP contribution in [0.3, 0.4) is 0 Å². The first-order valence-electron chi connectivity index (χ1n) is 7.95. The summed E-state index contributed by atoms with van der Waals surface area (Å²) in [5, 5.41) is 26.2. The number of aryl methyl sites for hydroxylation is 1. The molecule has 0 unspecified atom stereocenters. The third-order valence-electron chi connectivity index (χ3n) is 3.54. The van der Waals surface area contributed by atoms with Crippen LogP contribution in [0.5, 0.6) is 0 Å². The van der Waals surface area contributed by atoms with Gasteiger partial charge in [-0.15, -0.1) is 10.2 Å². The van der Waals surface area contributed by atoms with Gasteiger partial charge in [0.2, 0.25) is 5.89 Å². The van der Waals surface area contributed by atoms with Gasteiger partial charge in [-0.05, 0) is 36.0 Å². The third-order valence-corrected chi connectivity index (χ3v) is 4.71. The summed E-state index contributed by atoms with van der Waals surface area (Å²) in [6, 6.07) is 7.61. The maximum absolute atomic E-state index is 11.5. The number of hydrogen-bond donors (Lipinski definition) is 2. The van der Waals surface area contributed by atoms with Gasteiger partial charge in [-0.1, -0.05) is 24.6 Å². The van der Waals surface area contributed by atoms with Crippen molar-refractivity contribution in [3.05, 3.63) is 57.5 Å². The molecule has 0 aliphatic rings. The third kappa shape index (κ3) is 4.44. The Kier molecular flexibility index (Phi) is 5.86. The number of carboxylic acids is 2. The van der Waals surface area contributed by atoms with E-state index in [0.717, 1.165) is 11.8 Å². The fourth-order valence-electron chi connectivity index (χ4n) is 2.21. The van der Waals surface area contributed by atoms with Crippen LogP contribution < -0.4 is 0 Å². The van der Waals surface area contributed by atoms with E-state index in [4.69, 9.17) is 25.5 Å². The lowest BCUT2D eigenvalue weighted by Gasteiger charge is -2.02. The number of rotatable bonds is 7. The lowest BCUT2D eigenvalue weighted by Crippen LogP contribution is -1.97. The number of thioether (sulfide) groups is 1. The first-order valence-corrected chi connectivity index (χ1v) is 9.15. The van der Waals surface area contributed by atoms with Crippen molar-refractivity contribution in [2.24, 2.45) is 0 Å². The summed E-state index contributed by atoms with van der Waals surface area (Å²) in [7, 11) is 0. The monoisotopic (exact) mass is 420 g/mol. The SMILES string of the molecule is CCc1nnc(S/C(=C\c2ccc(-c3ccc(C(=O)O)c(Cl)c3)o2)C(=O)O)o1. The highest BCUT2D eigenvalue weighted by molar-refractivity contribution is 8.03. The number of aromatic carboxylic acids is 1. The topological polar surface area (TPSA) is 127 Å². The first-order chi connectivity index (χ1) is 13.4. The van der Waals surface area contributed by atoms with E-state index < -0.39 is 11.9 Å². The number of aromatic nitrogens is 2. The Balaban J connectivity index is 1.85. The fraction of sp³-hybridized carbons (Fsp3) is 0.111. The van der Waals surface area contributed by atoms with Gasteiger partial charge in [-0.25, -0.2) is 9.59 Å². The Morgan fingerprint density at radius 2 is 1.96 bits per heavy atom. The average molecular weight is 421 g/mol. The van der Waals surface area contributed by atoms with Crippen LogP contribution >= 0.6 is 23.4 Å². The molecule has 1 aromatic carbocycles. The van der Waals surface area contributed by atoms with Crippen molar-refractivity contribution in [3.8, 4) is 11.3 Å². The number of carbonyl (C=O) groups is 2. The van der Waals surface area contributed by atoms with Gasteiger partial charge in [-0.2, -0.15) is 0 Å². The molecule has 0 aliphatic carbocycles. The van der Waals surface area contributed by atoms with Crippen molar-refractivity contribution in [1.82, 2.24) is 10.2 Å². The number of hydrogen-bond acceptors (Lipinski definition) is 7. The van der Waals surface area contributed by atoms with Gasteiger partial charge in [0, 0.05) is 18.1 Å². The van der Waals surface area contributed by atoms with Gasteiger partial charge in [-0.3, -0.25) is 0 Å². The van der Waals surface area contributed by atoms with E-state index in [1.54, 1.807) is 18.2 Å². The van der Waals surface area contributed by atoms with Gasteiger partial charge in [0.15, 0.2) is 0 Å². The van der Waals surface area contributed by atoms with Crippen molar-refractivity contribution < 1.29 is 28.6 Å². The average Bonchev–Trinajstić information content (AvgIpc) is 3.30. The second-order valence-corrected chi connectivity index (χ2v) is 6.83. The maximum Gasteiger partial charge on any atom is 0.342 e. The summed E-state index contributed by atoms with van der Waals surface area (Å²) in [4.78, 5) is 22.5. The van der Waals surface area contributed by atoms with Crippen LogP contribution in [0.4, 0.5) is 0 Å². The zero-order chi connectivity index (χ0) is 20.3. The van der Waals surface area contributed by atoms with Crippen LogP contribution in [0.2, 0.25) is 5.02 Å². The smallest absolute Gasteiger partial charge is 0.342 e. The Morgan fingerprint density at radius 1 is 1.18 bits per heavy atom. The van der Waals surface area contributed by atoms with E-state index in [0.29, 0.717) is 23.6 Å². The normalized spacial score (nSPS) is 11.6. The predicted molar refractivity (Wildman–Crippen MR) is 101 cm³/mol. The van der Waals surface area contributed by atoms with Crippen molar-refractivity contribution in [1.29, 1.82) is 0 Å². The molecule has 0 saturated carbocycles. The van der Waals surface area contributed by atoms with E-state index in [1.807, 2.05) is 6.92 Å². The second-order valence-electron chi connectivity index (χ2n) is 5.43. The number of aliphatic carboxylic acids is 1. The molecule has 3 aromatic rings. The Labute approximate surface area is 167 Å². The van der Waals surface area contributed by atoms with Crippen molar-refractivity contribution in [2.45, 2.75) is 18.6 Å². The minimum absolute atomic E-state index is 0.0207. The van der Waals surface area contributed by atoms with Gasteiger partial charge < -0.3 is 19.0 Å². The van der Waals surface area contributed by atoms with Crippen LogP contribution in [0.1, 0.15) is 28.9 Å². The molecule has 2 heterocycles. The summed E-state index contributed by atoms with van der Waals surface area (Å²) < 4.78 is 11.0. The number of nitrogens with zero attached hydrogens (tertiary/aromatic N) is 2. The molecule has 144 valence electrons. The van der Waals surface area contributed by atoms with E-state index in [9.17, 15) is 14.7 Å². The minimum atomic E-state index is -1.17. The lowest BCUT2D eigenvalue weighted by molar-refractivity contribution is -0.131. The van der Waals surface area contributed by atoms with Gasteiger partial charge in [0.05, 0.1) is 10.6 Å². The van der Waals surface area contributed by atoms with Crippen molar-refractivity contribution in [3.63, 3.8) is 0 Å². The molecule has 0 atom stereocenters. The number of furan rings is 1. The van der Waals surface area contributed by atoms with E-state index in [-0.39, 0.29) is 26.5 Å². The van der Waals surface area contributed by atoms with Gasteiger partial charge >= 0.3 is 11.9 Å². The molecule has 0 aliphatic heterocycles. The number of benzene rings is 1. The summed E-state index contributed by atoms with van der Waals surface area (Å²) in [6.45, 7) is 1.84. The molecular weight excluding hydrogens is 408 g/mol. The van der Waals surface area contributed by atoms with Gasteiger partial charge in [0.1, 0.15) is 16.4 Å². The van der Waals surface area contributed by atoms with E-state index in [2.05, 4.69) is 10.2 Å². The van der Waals surface area contributed by atoms with Crippen LogP contribution in [0, 0.1) is 0 Å². The minimum Gasteiger partial charge on any atom is -0.478 e. The molecule has 2 aromatic heterocycles. The van der Waals surface area contributed by atoms with E-state index >= 15 is 0 Å². The van der Waals surface area contributed by atoms with Crippen LogP contribution in [0.15, 0.2) is 49.3 Å². The number of carboxylic acid groups (broad SMARTS) is 2. The summed E-state index contributed by atoms with van der Waals surface area (Å²) in [5.74, 6) is -1.20. The Hall–Kier alpha value is -3.04. The standard InChI is InChI=1S/C18H13ClN2O6S/c1-2-15-20-21-18(27-15)28-14(17(24)25)8-10-4-6-13(26-10)9-3-5-11(16(22)23)12(19)7-9/h3-8H,2H2,1H3,(H,22,23)(H,24,25)/b14-8-. The molecular formula is C18H13ClN2O6S. The maximum atomic E-state index is 11.5. The first kappa shape index (κ1) is 19.7. The molecule has 28 heavy (non-hydrogen) atoms. The fourth-order valence-corrected chi connectivity index (χ4v) is 3.14. The zero-order valence-corrected chi connectivity index (χ0v) is 16.0. The predicted octanol–water partition coefficient (Wildman–Crippen LogP) is 4.46. The highest BCUT2D eigenvalue weighted by atomic mass is 35.5. The van der Waals surface area contributed by atoms with Crippen LogP contribution in [-0.2, 0) is 11.2 Å². The molecule has 0 radical (unpaired) electrons. The summed E-state index contributed by atoms with van der Waals surface area (Å²) >= 11 is 6.79. The zero-order valence-electron chi connectivity index (χ0n) is 14.4. The molecule has 0 fully saturated rings. The molecule has 3 rings (SSSR count). The molecule has 0 amide bonds.